The zero-order valence-corrected chi connectivity index (χ0v) is 11.6. The van der Waals surface area contributed by atoms with Gasteiger partial charge in [0.2, 0.25) is 5.95 Å². The molecule has 0 saturated carbocycles. The van der Waals surface area contributed by atoms with Gasteiger partial charge in [-0.25, -0.2) is 0 Å². The van der Waals surface area contributed by atoms with Crippen LogP contribution in [0.3, 0.4) is 0 Å². The predicted octanol–water partition coefficient (Wildman–Crippen LogP) is 1.20. The fourth-order valence-electron chi connectivity index (χ4n) is 1.76. The molecule has 110 valence electrons. The maximum absolute atomic E-state index is 12.0. The quantitative estimate of drug-likeness (QED) is 0.713. The van der Waals surface area contributed by atoms with Crippen LogP contribution in [0.5, 0.6) is 0 Å². The predicted molar refractivity (Wildman–Crippen MR) is 79.3 cm³/mol. The number of anilines is 3. The van der Waals surface area contributed by atoms with E-state index in [9.17, 15) is 9.59 Å². The minimum Gasteiger partial charge on any atom is -0.466 e. The Hall–Kier alpha value is -2.83. The van der Waals surface area contributed by atoms with Gasteiger partial charge in [0, 0.05) is 5.69 Å². The van der Waals surface area contributed by atoms with Crippen molar-refractivity contribution in [1.82, 2.24) is 9.97 Å². The summed E-state index contributed by atoms with van der Waals surface area (Å²) in [6.07, 6.45) is -0.201. The number of ether oxygens (including phenoxy) is 1. The SMILES string of the molecule is CCOC(=O)Cc1c(N)nc(Nc2ccccc2)[nH]c1=O. The average molecular weight is 288 g/mol. The van der Waals surface area contributed by atoms with E-state index in [-0.39, 0.29) is 30.4 Å². The number of hydrogen-bond donors (Lipinski definition) is 3. The Morgan fingerprint density at radius 1 is 1.38 bits per heavy atom. The standard InChI is InChI=1S/C14H16N4O3/c1-2-21-11(19)8-10-12(15)17-14(18-13(10)20)16-9-6-4-3-5-7-9/h3-7H,2,8H2,1H3,(H4,15,16,17,18,20). The number of rotatable bonds is 5. The van der Waals surface area contributed by atoms with Crippen molar-refractivity contribution < 1.29 is 9.53 Å². The van der Waals surface area contributed by atoms with E-state index in [1.54, 1.807) is 6.92 Å². The van der Waals surface area contributed by atoms with Crippen LogP contribution in [0.15, 0.2) is 35.1 Å². The number of carbonyl (C=O) groups is 1. The van der Waals surface area contributed by atoms with E-state index in [2.05, 4.69) is 15.3 Å². The summed E-state index contributed by atoms with van der Waals surface area (Å²) in [5, 5.41) is 2.93. The Labute approximate surface area is 121 Å². The molecule has 1 heterocycles. The molecular weight excluding hydrogens is 272 g/mol. The van der Waals surface area contributed by atoms with Crippen LogP contribution in [-0.4, -0.2) is 22.5 Å². The number of nitrogens with two attached hydrogens (primary N) is 1. The third-order valence-corrected chi connectivity index (χ3v) is 2.71. The summed E-state index contributed by atoms with van der Waals surface area (Å²) in [7, 11) is 0. The molecule has 0 fully saturated rings. The van der Waals surface area contributed by atoms with Crippen molar-refractivity contribution in [2.45, 2.75) is 13.3 Å². The number of aromatic nitrogens is 2. The zero-order valence-electron chi connectivity index (χ0n) is 11.6. The van der Waals surface area contributed by atoms with Gasteiger partial charge in [0.1, 0.15) is 5.82 Å². The Morgan fingerprint density at radius 3 is 2.71 bits per heavy atom. The zero-order chi connectivity index (χ0) is 15.2. The molecule has 0 aliphatic rings. The molecule has 2 aromatic rings. The Balaban J connectivity index is 2.21. The highest BCUT2D eigenvalue weighted by Crippen LogP contribution is 2.13. The molecule has 4 N–H and O–H groups in total. The topological polar surface area (TPSA) is 110 Å². The molecule has 0 bridgehead atoms. The van der Waals surface area contributed by atoms with Crippen LogP contribution in [0.4, 0.5) is 17.5 Å². The molecule has 7 heteroatoms. The first-order chi connectivity index (χ1) is 10.1. The summed E-state index contributed by atoms with van der Waals surface area (Å²) in [4.78, 5) is 30.0. The van der Waals surface area contributed by atoms with E-state index >= 15 is 0 Å². The lowest BCUT2D eigenvalue weighted by atomic mass is 10.2. The second-order valence-corrected chi connectivity index (χ2v) is 4.25. The van der Waals surface area contributed by atoms with Crippen LogP contribution in [-0.2, 0) is 16.0 Å². The van der Waals surface area contributed by atoms with Gasteiger partial charge in [0.15, 0.2) is 0 Å². The second-order valence-electron chi connectivity index (χ2n) is 4.25. The molecule has 0 unspecified atom stereocenters. The summed E-state index contributed by atoms with van der Waals surface area (Å²) in [6, 6.07) is 9.21. The van der Waals surface area contributed by atoms with Gasteiger partial charge >= 0.3 is 5.97 Å². The van der Waals surface area contributed by atoms with E-state index < -0.39 is 11.5 Å². The second kappa shape index (κ2) is 6.56. The number of para-hydroxylation sites is 1. The number of esters is 1. The van der Waals surface area contributed by atoms with Crippen molar-refractivity contribution in [3.8, 4) is 0 Å². The highest BCUT2D eigenvalue weighted by atomic mass is 16.5. The van der Waals surface area contributed by atoms with E-state index in [0.717, 1.165) is 5.69 Å². The highest BCUT2D eigenvalue weighted by Gasteiger charge is 2.14. The van der Waals surface area contributed by atoms with Gasteiger partial charge in [-0.2, -0.15) is 4.98 Å². The summed E-state index contributed by atoms with van der Waals surface area (Å²) in [5.74, 6) is -0.290. The summed E-state index contributed by atoms with van der Waals surface area (Å²) in [6.45, 7) is 1.94. The molecule has 1 aromatic carbocycles. The smallest absolute Gasteiger partial charge is 0.310 e. The molecule has 7 nitrogen and oxygen atoms in total. The number of aromatic amines is 1. The normalized spacial score (nSPS) is 10.1. The highest BCUT2D eigenvalue weighted by molar-refractivity contribution is 5.74. The summed E-state index contributed by atoms with van der Waals surface area (Å²) < 4.78 is 4.79. The lowest BCUT2D eigenvalue weighted by Gasteiger charge is -2.08. The van der Waals surface area contributed by atoms with Crippen molar-refractivity contribution >= 4 is 23.4 Å². The molecular formula is C14H16N4O3. The molecule has 0 saturated heterocycles. The van der Waals surface area contributed by atoms with Crippen LogP contribution in [0.25, 0.3) is 0 Å². The Kier molecular flexibility index (Phi) is 4.55. The fourth-order valence-corrected chi connectivity index (χ4v) is 1.76. The number of nitrogen functional groups attached to an aromatic ring is 1. The maximum Gasteiger partial charge on any atom is 0.310 e. The first-order valence-corrected chi connectivity index (χ1v) is 6.46. The molecule has 0 amide bonds. The summed E-state index contributed by atoms with van der Waals surface area (Å²) >= 11 is 0. The Morgan fingerprint density at radius 2 is 2.10 bits per heavy atom. The van der Waals surface area contributed by atoms with Gasteiger partial charge < -0.3 is 15.8 Å². The molecule has 0 aliphatic heterocycles. The first kappa shape index (κ1) is 14.6. The molecule has 0 aliphatic carbocycles. The largest absolute Gasteiger partial charge is 0.466 e. The molecule has 0 spiro atoms. The minimum absolute atomic E-state index is 0.00485. The summed E-state index contributed by atoms with van der Waals surface area (Å²) in [5.41, 5.74) is 6.14. The van der Waals surface area contributed by atoms with Gasteiger partial charge in [-0.1, -0.05) is 18.2 Å². The fraction of sp³-hybridized carbons (Fsp3) is 0.214. The first-order valence-electron chi connectivity index (χ1n) is 6.46. The monoisotopic (exact) mass is 288 g/mol. The van der Waals surface area contributed by atoms with Crippen LogP contribution in [0.1, 0.15) is 12.5 Å². The van der Waals surface area contributed by atoms with Gasteiger partial charge in [0.25, 0.3) is 5.56 Å². The van der Waals surface area contributed by atoms with Crippen LogP contribution >= 0.6 is 0 Å². The molecule has 2 rings (SSSR count). The molecule has 1 aromatic heterocycles. The number of hydrogen-bond acceptors (Lipinski definition) is 6. The van der Waals surface area contributed by atoms with Gasteiger partial charge in [-0.3, -0.25) is 14.6 Å². The van der Waals surface area contributed by atoms with Crippen molar-refractivity contribution in [3.63, 3.8) is 0 Å². The molecule has 21 heavy (non-hydrogen) atoms. The van der Waals surface area contributed by atoms with Crippen molar-refractivity contribution in [1.29, 1.82) is 0 Å². The van der Waals surface area contributed by atoms with Crippen LogP contribution in [0.2, 0.25) is 0 Å². The van der Waals surface area contributed by atoms with E-state index in [0.29, 0.717) is 0 Å². The lowest BCUT2D eigenvalue weighted by molar-refractivity contribution is -0.142. The lowest BCUT2D eigenvalue weighted by Crippen LogP contribution is -2.22. The number of nitrogens with one attached hydrogen (secondary N) is 2. The van der Waals surface area contributed by atoms with Gasteiger partial charge in [-0.05, 0) is 19.1 Å². The Bertz CT molecular complexity index is 682. The average Bonchev–Trinajstić information content (AvgIpc) is 2.44. The maximum atomic E-state index is 12.0. The minimum atomic E-state index is -0.514. The van der Waals surface area contributed by atoms with Gasteiger partial charge in [-0.15, -0.1) is 0 Å². The molecule has 0 atom stereocenters. The van der Waals surface area contributed by atoms with Crippen LogP contribution in [0, 0.1) is 0 Å². The van der Waals surface area contributed by atoms with Crippen LogP contribution < -0.4 is 16.6 Å². The number of nitrogens with zero attached hydrogens (tertiary/aromatic N) is 1. The molecule has 0 radical (unpaired) electrons. The number of H-pyrrole nitrogens is 1. The van der Waals surface area contributed by atoms with E-state index in [1.165, 1.54) is 0 Å². The van der Waals surface area contributed by atoms with Crippen molar-refractivity contribution in [3.05, 3.63) is 46.2 Å². The van der Waals surface area contributed by atoms with E-state index in [4.69, 9.17) is 10.5 Å². The third-order valence-electron chi connectivity index (χ3n) is 2.71. The third kappa shape index (κ3) is 3.82. The van der Waals surface area contributed by atoms with Crippen molar-refractivity contribution in [2.75, 3.05) is 17.7 Å². The number of benzene rings is 1. The van der Waals surface area contributed by atoms with Gasteiger partial charge in [0.05, 0.1) is 18.6 Å². The number of carbonyl (C=O) groups excluding carboxylic acids is 1. The van der Waals surface area contributed by atoms with Crippen molar-refractivity contribution in [2.24, 2.45) is 0 Å². The van der Waals surface area contributed by atoms with E-state index in [1.807, 2.05) is 30.3 Å².